The van der Waals surface area contributed by atoms with Gasteiger partial charge in [-0.2, -0.15) is 5.10 Å². The van der Waals surface area contributed by atoms with Crippen molar-refractivity contribution in [3.05, 3.63) is 59.8 Å². The van der Waals surface area contributed by atoms with Gasteiger partial charge < -0.3 is 14.9 Å². The third-order valence-electron chi connectivity index (χ3n) is 6.33. The van der Waals surface area contributed by atoms with Crippen LogP contribution >= 0.6 is 0 Å². The molecule has 8 heteroatoms. The first-order valence-corrected chi connectivity index (χ1v) is 10.1. The molecule has 1 aromatic heterocycles. The van der Waals surface area contributed by atoms with Crippen LogP contribution in [0, 0.1) is 17.6 Å². The van der Waals surface area contributed by atoms with Crippen molar-refractivity contribution in [3.8, 4) is 5.75 Å². The summed E-state index contributed by atoms with van der Waals surface area (Å²) in [6, 6.07) is 8.91. The van der Waals surface area contributed by atoms with Gasteiger partial charge in [0, 0.05) is 43.4 Å². The highest BCUT2D eigenvalue weighted by Gasteiger charge is 2.52. The summed E-state index contributed by atoms with van der Waals surface area (Å²) >= 11 is 0. The van der Waals surface area contributed by atoms with Crippen LogP contribution in [0.25, 0.3) is 10.9 Å². The van der Waals surface area contributed by atoms with Crippen molar-refractivity contribution in [1.29, 1.82) is 0 Å². The van der Waals surface area contributed by atoms with Gasteiger partial charge in [-0.15, -0.1) is 0 Å². The van der Waals surface area contributed by atoms with Gasteiger partial charge >= 0.3 is 0 Å². The SMILES string of the molecule is OC(CN1C[C@H]2C[C@H](Oc3ccc(F)cc3F)C[C@@]2(O)C1)c1ccc2[nH]ncc2c1. The number of ether oxygens (including phenoxy) is 1. The number of rotatable bonds is 5. The monoisotopic (exact) mass is 415 g/mol. The van der Waals surface area contributed by atoms with Crippen molar-refractivity contribution in [2.75, 3.05) is 19.6 Å². The van der Waals surface area contributed by atoms with E-state index < -0.39 is 23.3 Å². The second-order valence-electron chi connectivity index (χ2n) is 8.48. The fraction of sp³-hybridized carbons (Fsp3) is 0.409. The van der Waals surface area contributed by atoms with Gasteiger partial charge in [0.05, 0.1) is 23.4 Å². The molecule has 5 rings (SSSR count). The van der Waals surface area contributed by atoms with E-state index in [2.05, 4.69) is 15.1 Å². The molecular weight excluding hydrogens is 392 g/mol. The van der Waals surface area contributed by atoms with E-state index >= 15 is 0 Å². The molecule has 1 saturated heterocycles. The van der Waals surface area contributed by atoms with E-state index in [4.69, 9.17) is 4.74 Å². The minimum Gasteiger partial charge on any atom is -0.487 e. The number of nitrogens with zero attached hydrogens (tertiary/aromatic N) is 2. The highest BCUT2D eigenvalue weighted by Crippen LogP contribution is 2.43. The van der Waals surface area contributed by atoms with Crippen LogP contribution in [0.1, 0.15) is 24.5 Å². The molecule has 0 spiro atoms. The van der Waals surface area contributed by atoms with Crippen LogP contribution in [0.5, 0.6) is 5.75 Å². The molecule has 1 saturated carbocycles. The lowest BCUT2D eigenvalue weighted by atomic mass is 9.95. The highest BCUT2D eigenvalue weighted by molar-refractivity contribution is 5.78. The lowest BCUT2D eigenvalue weighted by Gasteiger charge is -2.25. The first-order valence-electron chi connectivity index (χ1n) is 10.1. The number of aliphatic hydroxyl groups is 2. The van der Waals surface area contributed by atoms with Crippen LogP contribution in [0.15, 0.2) is 42.6 Å². The minimum absolute atomic E-state index is 0.00638. The summed E-state index contributed by atoms with van der Waals surface area (Å²) in [7, 11) is 0. The molecule has 4 atom stereocenters. The van der Waals surface area contributed by atoms with Gasteiger partial charge in [0.2, 0.25) is 0 Å². The number of aromatic amines is 1. The molecule has 2 heterocycles. The third-order valence-corrected chi connectivity index (χ3v) is 6.33. The van der Waals surface area contributed by atoms with Crippen molar-refractivity contribution in [1.82, 2.24) is 15.1 Å². The molecular formula is C22H23F2N3O3. The molecule has 2 aliphatic rings. The molecule has 3 N–H and O–H groups in total. The van der Waals surface area contributed by atoms with E-state index in [0.717, 1.165) is 28.6 Å². The van der Waals surface area contributed by atoms with Crippen LogP contribution in [-0.2, 0) is 0 Å². The largest absolute Gasteiger partial charge is 0.487 e. The Morgan fingerprint density at radius 2 is 2.13 bits per heavy atom. The number of aromatic nitrogens is 2. The summed E-state index contributed by atoms with van der Waals surface area (Å²) in [5, 5.41) is 29.6. The molecule has 1 aliphatic carbocycles. The zero-order chi connectivity index (χ0) is 20.9. The fourth-order valence-electron chi connectivity index (χ4n) is 4.88. The number of halogens is 2. The number of H-pyrrole nitrogens is 1. The van der Waals surface area contributed by atoms with Gasteiger partial charge in [0.1, 0.15) is 11.9 Å². The number of nitrogens with one attached hydrogen (secondary N) is 1. The quantitative estimate of drug-likeness (QED) is 0.597. The van der Waals surface area contributed by atoms with Crippen LogP contribution in [-0.4, -0.2) is 56.6 Å². The van der Waals surface area contributed by atoms with Gasteiger partial charge in [0.25, 0.3) is 0 Å². The van der Waals surface area contributed by atoms with Gasteiger partial charge in [0.15, 0.2) is 11.6 Å². The van der Waals surface area contributed by atoms with Crippen molar-refractivity contribution in [2.45, 2.75) is 30.7 Å². The molecule has 0 amide bonds. The summed E-state index contributed by atoms with van der Waals surface area (Å²) in [5.41, 5.74) is 0.788. The van der Waals surface area contributed by atoms with Crippen molar-refractivity contribution >= 4 is 10.9 Å². The molecule has 30 heavy (non-hydrogen) atoms. The first-order chi connectivity index (χ1) is 14.4. The van der Waals surface area contributed by atoms with E-state index in [9.17, 15) is 19.0 Å². The number of benzene rings is 2. The minimum atomic E-state index is -0.935. The number of hydrogen-bond acceptors (Lipinski definition) is 5. The molecule has 158 valence electrons. The number of fused-ring (bicyclic) bond motifs is 2. The zero-order valence-corrected chi connectivity index (χ0v) is 16.3. The summed E-state index contributed by atoms with van der Waals surface area (Å²) in [6.45, 7) is 1.47. The van der Waals surface area contributed by atoms with Crippen LogP contribution in [0.3, 0.4) is 0 Å². The summed E-state index contributed by atoms with van der Waals surface area (Å²) < 4.78 is 32.6. The molecule has 1 aliphatic heterocycles. The van der Waals surface area contributed by atoms with Gasteiger partial charge in [-0.25, -0.2) is 8.78 Å². The Bertz CT molecular complexity index is 1070. The maximum Gasteiger partial charge on any atom is 0.167 e. The van der Waals surface area contributed by atoms with Crippen LogP contribution in [0.4, 0.5) is 8.78 Å². The average molecular weight is 415 g/mol. The third kappa shape index (κ3) is 3.55. The zero-order valence-electron chi connectivity index (χ0n) is 16.3. The van der Waals surface area contributed by atoms with Crippen LogP contribution < -0.4 is 4.74 Å². The second-order valence-corrected chi connectivity index (χ2v) is 8.48. The second kappa shape index (κ2) is 7.30. The van der Waals surface area contributed by atoms with E-state index in [-0.39, 0.29) is 17.8 Å². The predicted octanol–water partition coefficient (Wildman–Crippen LogP) is 2.78. The average Bonchev–Trinajstić information content (AvgIpc) is 3.35. The molecule has 0 radical (unpaired) electrons. The molecule has 1 unspecified atom stereocenters. The lowest BCUT2D eigenvalue weighted by molar-refractivity contribution is 0.0175. The summed E-state index contributed by atoms with van der Waals surface area (Å²) in [5.74, 6) is -1.40. The van der Waals surface area contributed by atoms with E-state index in [1.807, 2.05) is 18.2 Å². The summed E-state index contributed by atoms with van der Waals surface area (Å²) in [4.78, 5) is 2.06. The Morgan fingerprint density at radius 1 is 1.27 bits per heavy atom. The maximum atomic E-state index is 13.9. The topological polar surface area (TPSA) is 81.6 Å². The molecule has 2 fully saturated rings. The predicted molar refractivity (Wildman–Crippen MR) is 106 cm³/mol. The van der Waals surface area contributed by atoms with E-state index in [1.54, 1.807) is 6.20 Å². The standard InChI is InChI=1S/C22H23F2N3O3/c23-16-2-4-21(18(24)7-16)30-17-6-15-10-27(12-22(15,29)8-17)11-20(28)13-1-3-19-14(5-13)9-25-26-19/h1-5,7,9,15,17,20,28-29H,6,8,10-12H2,(H,25,26)/t15-,17+,20?,22-/m1/s1. The number of hydrogen-bond donors (Lipinski definition) is 3. The first kappa shape index (κ1) is 19.4. The smallest absolute Gasteiger partial charge is 0.167 e. The Balaban J connectivity index is 1.21. The van der Waals surface area contributed by atoms with E-state index in [0.29, 0.717) is 32.5 Å². The highest BCUT2D eigenvalue weighted by atomic mass is 19.1. The van der Waals surface area contributed by atoms with Gasteiger partial charge in [-0.3, -0.25) is 10.00 Å². The number of aliphatic hydroxyl groups excluding tert-OH is 1. The van der Waals surface area contributed by atoms with Crippen LogP contribution in [0.2, 0.25) is 0 Å². The molecule has 6 nitrogen and oxygen atoms in total. The van der Waals surface area contributed by atoms with E-state index in [1.165, 1.54) is 6.07 Å². The Hall–Kier alpha value is -2.55. The lowest BCUT2D eigenvalue weighted by Crippen LogP contribution is -2.36. The van der Waals surface area contributed by atoms with Crippen molar-refractivity contribution in [3.63, 3.8) is 0 Å². The number of β-amino-alcohol motifs (C(OH)–C–C–N with tert-alkyl or cyclic N) is 2. The fourth-order valence-corrected chi connectivity index (χ4v) is 4.88. The van der Waals surface area contributed by atoms with Gasteiger partial charge in [-0.05, 0) is 36.2 Å². The molecule has 0 bridgehead atoms. The number of likely N-dealkylation sites (tertiary alicyclic amines) is 1. The Morgan fingerprint density at radius 3 is 2.93 bits per heavy atom. The Labute approximate surface area is 172 Å². The molecule has 3 aromatic rings. The van der Waals surface area contributed by atoms with Crippen molar-refractivity contribution < 1.29 is 23.7 Å². The van der Waals surface area contributed by atoms with Crippen molar-refractivity contribution in [2.24, 2.45) is 5.92 Å². The summed E-state index contributed by atoms with van der Waals surface area (Å²) in [6.07, 6.45) is 1.68. The Kier molecular flexibility index (Phi) is 4.72. The van der Waals surface area contributed by atoms with Gasteiger partial charge in [-0.1, -0.05) is 6.07 Å². The molecule has 2 aromatic carbocycles. The normalized spacial score (nSPS) is 27.5. The maximum absolute atomic E-state index is 13.9.